The summed E-state index contributed by atoms with van der Waals surface area (Å²) in [4.78, 5) is 52.7. The molecule has 0 aliphatic carbocycles. The summed E-state index contributed by atoms with van der Waals surface area (Å²) in [6, 6.07) is 0. The lowest BCUT2D eigenvalue weighted by Crippen LogP contribution is -2.29. The van der Waals surface area contributed by atoms with Crippen LogP contribution >= 0.6 is 15.6 Å². The van der Waals surface area contributed by atoms with Crippen LogP contribution in [-0.2, 0) is 41.8 Å². The number of allylic oxidation sites excluding steroid dienone is 20. The number of rotatable bonds is 40. The van der Waals surface area contributed by atoms with Gasteiger partial charge in [-0.05, 0) is 77.0 Å². The monoisotopic (exact) mass is 978 g/mol. The molecule has 0 saturated heterocycles. The third-order valence-corrected chi connectivity index (χ3v) is 9.84. The van der Waals surface area contributed by atoms with Crippen LogP contribution in [0.3, 0.4) is 0 Å². The van der Waals surface area contributed by atoms with Crippen LogP contribution in [0.2, 0.25) is 0 Å². The Labute approximate surface area is 398 Å². The van der Waals surface area contributed by atoms with Gasteiger partial charge in [-0.3, -0.25) is 23.2 Å². The van der Waals surface area contributed by atoms with Gasteiger partial charge in [0.05, 0.1) is 32.0 Å². The maximum absolute atomic E-state index is 12.7. The van der Waals surface area contributed by atoms with E-state index in [0.717, 1.165) is 38.5 Å². The van der Waals surface area contributed by atoms with Crippen LogP contribution in [0.5, 0.6) is 0 Å². The molecule has 0 rings (SSSR count). The van der Waals surface area contributed by atoms with Crippen LogP contribution in [0, 0.1) is 0 Å². The first kappa shape index (κ1) is 62.9. The Balaban J connectivity index is 4.86. The number of phosphoric acid groups is 2. The minimum Gasteiger partial charge on any atom is -0.462 e. The molecule has 15 nitrogen and oxygen atoms in total. The molecular weight excluding hydrogens is 902 g/mol. The number of esters is 2. The van der Waals surface area contributed by atoms with Crippen molar-refractivity contribution in [1.29, 1.82) is 0 Å². The summed E-state index contributed by atoms with van der Waals surface area (Å²) in [5, 5.41) is 29.7. The van der Waals surface area contributed by atoms with Gasteiger partial charge in [0, 0.05) is 12.8 Å². The number of hydrogen-bond acceptors (Lipinski definition) is 12. The summed E-state index contributed by atoms with van der Waals surface area (Å²) in [6.45, 7) is 1.14. The topological polar surface area (TPSA) is 236 Å². The molecule has 5 atom stereocenters. The Bertz CT molecular complexity index is 1760. The second kappa shape index (κ2) is 43.2. The van der Waals surface area contributed by atoms with Gasteiger partial charge >= 0.3 is 27.6 Å². The number of aliphatic hydroxyl groups excluding tert-OH is 3. The van der Waals surface area contributed by atoms with E-state index in [1.165, 1.54) is 0 Å². The average Bonchev–Trinajstić information content (AvgIpc) is 3.28. The third kappa shape index (κ3) is 46.8. The van der Waals surface area contributed by atoms with Crippen molar-refractivity contribution in [3.05, 3.63) is 146 Å². The quantitative estimate of drug-likeness (QED) is 0.0145. The molecular formula is C50H76O15P2. The van der Waals surface area contributed by atoms with Gasteiger partial charge in [0.2, 0.25) is 0 Å². The minimum atomic E-state index is -4.90. The average molecular weight is 979 g/mol. The molecule has 0 aliphatic rings. The number of carbonyl (C=O) groups is 2. The highest BCUT2D eigenvalue weighted by Gasteiger charge is 2.28. The standard InChI is InChI=1S/C50H76O15P2/c1-3-5-7-8-9-10-11-12-13-14-15-16-17-18-19-20-21-25-33-39-49(54)61-43-48(44-64-67(59,60)63-42-47(53)41-62-66(56,57)58)65-50(55)40-34-26-23-22-24-30-36-46(52)38-32-28-27-31-37-45(51)35-29-6-4-2/h5-7,9-10,12-13,15-16,18-19,21,23-32,37-38,45-48,51-53H,3-4,8,11,14,17,20,22,33-36,39-44H2,1-2H3,(H,59,60)(H2,56,57,58)/b7-5-,10-9-,13-12-,16-15-,19-18-,25-21-,26-23-,28-27-,29-6-,30-24-,37-31+,38-32+/t45-,46+,47-,48+/m0/s1. The van der Waals surface area contributed by atoms with E-state index in [9.17, 15) is 38.9 Å². The van der Waals surface area contributed by atoms with Crippen LogP contribution in [0.15, 0.2) is 146 Å². The normalized spacial score (nSPS) is 16.1. The third-order valence-electron chi connectivity index (χ3n) is 8.41. The summed E-state index contributed by atoms with van der Waals surface area (Å²) in [5.41, 5.74) is 0. The van der Waals surface area contributed by atoms with E-state index in [1.54, 1.807) is 42.5 Å². The second-order valence-electron chi connectivity index (χ2n) is 14.6. The summed E-state index contributed by atoms with van der Waals surface area (Å²) in [6.07, 6.45) is 50.7. The summed E-state index contributed by atoms with van der Waals surface area (Å²) >= 11 is 0. The van der Waals surface area contributed by atoms with Crippen LogP contribution in [0.4, 0.5) is 0 Å². The molecule has 0 aliphatic heterocycles. The predicted molar refractivity (Wildman–Crippen MR) is 264 cm³/mol. The zero-order valence-electron chi connectivity index (χ0n) is 39.1. The number of carbonyl (C=O) groups excluding carboxylic acids is 2. The fraction of sp³-hybridized carbons (Fsp3) is 0.480. The minimum absolute atomic E-state index is 0.0220. The molecule has 0 spiro atoms. The molecule has 0 saturated carbocycles. The fourth-order valence-electron chi connectivity index (χ4n) is 4.98. The first-order chi connectivity index (χ1) is 32.2. The fourth-order valence-corrected chi connectivity index (χ4v) is 6.14. The molecule has 17 heteroatoms. The van der Waals surface area contributed by atoms with Crippen molar-refractivity contribution in [3.63, 3.8) is 0 Å². The Hall–Kier alpha value is -4.08. The summed E-state index contributed by atoms with van der Waals surface area (Å²) in [5.74, 6) is -1.31. The zero-order valence-corrected chi connectivity index (χ0v) is 40.9. The van der Waals surface area contributed by atoms with Gasteiger partial charge in [0.15, 0.2) is 6.10 Å². The van der Waals surface area contributed by atoms with E-state index in [2.05, 4.69) is 70.7 Å². The van der Waals surface area contributed by atoms with Gasteiger partial charge in [-0.15, -0.1) is 0 Å². The Morgan fingerprint density at radius 2 is 0.866 bits per heavy atom. The maximum atomic E-state index is 12.7. The van der Waals surface area contributed by atoms with Crippen molar-refractivity contribution in [1.82, 2.24) is 0 Å². The Morgan fingerprint density at radius 3 is 1.34 bits per heavy atom. The highest BCUT2D eigenvalue weighted by Crippen LogP contribution is 2.43. The number of ether oxygens (including phenoxy) is 2. The van der Waals surface area contributed by atoms with E-state index < -0.39 is 78.4 Å². The first-order valence-electron chi connectivity index (χ1n) is 22.7. The van der Waals surface area contributed by atoms with Crippen molar-refractivity contribution in [2.24, 2.45) is 0 Å². The largest absolute Gasteiger partial charge is 0.472 e. The first-order valence-corrected chi connectivity index (χ1v) is 25.8. The lowest BCUT2D eigenvalue weighted by atomic mass is 10.2. The summed E-state index contributed by atoms with van der Waals surface area (Å²) < 4.78 is 47.6. The highest BCUT2D eigenvalue weighted by molar-refractivity contribution is 7.47. The lowest BCUT2D eigenvalue weighted by molar-refractivity contribution is -0.161. The second-order valence-corrected chi connectivity index (χ2v) is 17.3. The van der Waals surface area contributed by atoms with Gasteiger partial charge in [-0.1, -0.05) is 160 Å². The smallest absolute Gasteiger partial charge is 0.462 e. The van der Waals surface area contributed by atoms with Gasteiger partial charge < -0.3 is 39.5 Å². The number of hydrogen-bond donors (Lipinski definition) is 6. The van der Waals surface area contributed by atoms with Crippen molar-refractivity contribution in [3.8, 4) is 0 Å². The summed E-state index contributed by atoms with van der Waals surface area (Å²) in [7, 11) is -9.79. The zero-order chi connectivity index (χ0) is 49.7. The molecule has 0 bridgehead atoms. The van der Waals surface area contributed by atoms with Crippen molar-refractivity contribution < 1.29 is 71.8 Å². The Morgan fingerprint density at radius 1 is 0.478 bits per heavy atom. The molecule has 0 aromatic heterocycles. The lowest BCUT2D eigenvalue weighted by Gasteiger charge is -2.20. The molecule has 376 valence electrons. The van der Waals surface area contributed by atoms with Crippen molar-refractivity contribution in [2.45, 2.75) is 128 Å². The molecule has 1 unspecified atom stereocenters. The van der Waals surface area contributed by atoms with E-state index in [4.69, 9.17) is 23.8 Å². The molecule has 0 aromatic rings. The molecule has 0 radical (unpaired) electrons. The van der Waals surface area contributed by atoms with Crippen molar-refractivity contribution in [2.75, 3.05) is 26.4 Å². The number of phosphoric ester groups is 2. The Kier molecular flexibility index (Phi) is 40.6. The van der Waals surface area contributed by atoms with Gasteiger partial charge in [-0.25, -0.2) is 9.13 Å². The van der Waals surface area contributed by atoms with E-state index in [1.807, 2.05) is 55.5 Å². The van der Waals surface area contributed by atoms with Crippen LogP contribution in [0.1, 0.15) is 104 Å². The van der Waals surface area contributed by atoms with Gasteiger partial charge in [0.25, 0.3) is 0 Å². The molecule has 0 heterocycles. The predicted octanol–water partition coefficient (Wildman–Crippen LogP) is 9.94. The highest BCUT2D eigenvalue weighted by atomic mass is 31.2. The van der Waals surface area contributed by atoms with Crippen molar-refractivity contribution >= 4 is 27.6 Å². The van der Waals surface area contributed by atoms with Crippen LogP contribution < -0.4 is 0 Å². The van der Waals surface area contributed by atoms with E-state index in [-0.39, 0.29) is 12.8 Å². The molecule has 0 amide bonds. The number of aliphatic hydroxyl groups is 3. The van der Waals surface area contributed by atoms with E-state index >= 15 is 0 Å². The molecule has 67 heavy (non-hydrogen) atoms. The van der Waals surface area contributed by atoms with Gasteiger partial charge in [0.1, 0.15) is 12.7 Å². The van der Waals surface area contributed by atoms with Gasteiger partial charge in [-0.2, -0.15) is 0 Å². The molecule has 0 aromatic carbocycles. The molecule has 6 N–H and O–H groups in total. The SMILES string of the molecule is CC/C=C\C/C=C\C/C=C\C/C=C\C/C=C\C/C=C\CCC(=O)OC[C@H](COP(=O)(O)OC[C@@H](O)COP(=O)(O)O)OC(=O)CC/C=C\C/C=C\C[C@@H](O)/C=C/C=C\C=C\[C@@H](O)C/C=C\CC. The van der Waals surface area contributed by atoms with E-state index in [0.29, 0.717) is 38.5 Å². The maximum Gasteiger partial charge on any atom is 0.472 e. The van der Waals surface area contributed by atoms with Crippen LogP contribution in [0.25, 0.3) is 0 Å². The molecule has 0 fully saturated rings. The van der Waals surface area contributed by atoms with Crippen LogP contribution in [-0.4, -0.2) is 92.8 Å².